The Morgan fingerprint density at radius 3 is 2.20 bits per heavy atom. The van der Waals surface area contributed by atoms with Crippen molar-refractivity contribution in [3.8, 4) is 0 Å². The van der Waals surface area contributed by atoms with E-state index >= 15 is 0 Å². The van der Waals surface area contributed by atoms with E-state index in [2.05, 4.69) is 65.9 Å². The van der Waals surface area contributed by atoms with Gasteiger partial charge in [0.25, 0.3) is 0 Å². The van der Waals surface area contributed by atoms with Crippen LogP contribution in [0.15, 0.2) is 78.9 Å². The molecule has 6 rings (SSSR count). The third-order valence-corrected chi connectivity index (χ3v) is 9.13. The Morgan fingerprint density at radius 1 is 0.902 bits per heavy atom. The highest BCUT2D eigenvalue weighted by molar-refractivity contribution is 14.1. The molecule has 0 spiro atoms. The number of hydrogen-bond donors (Lipinski definition) is 2. The van der Waals surface area contributed by atoms with E-state index in [1.807, 2.05) is 6.07 Å². The van der Waals surface area contributed by atoms with Gasteiger partial charge in [0.2, 0.25) is 0 Å². The summed E-state index contributed by atoms with van der Waals surface area (Å²) in [4.78, 5) is 23.8. The molecule has 4 aromatic rings. The van der Waals surface area contributed by atoms with Crippen LogP contribution in [0.25, 0.3) is 12.2 Å². The lowest BCUT2D eigenvalue weighted by molar-refractivity contribution is 0.0696. The van der Waals surface area contributed by atoms with Crippen LogP contribution >= 0.6 is 22.6 Å². The summed E-state index contributed by atoms with van der Waals surface area (Å²) in [6, 6.07) is 23.1. The van der Waals surface area contributed by atoms with Crippen LogP contribution in [0.4, 0.5) is 4.39 Å². The van der Waals surface area contributed by atoms with Crippen molar-refractivity contribution >= 4 is 46.7 Å². The largest absolute Gasteiger partial charge is 0.478 e. The Labute approximate surface area is 251 Å². The lowest BCUT2D eigenvalue weighted by atomic mass is 9.81. The minimum absolute atomic E-state index is 0.0284. The molecule has 4 aromatic carbocycles. The molecule has 0 saturated carbocycles. The van der Waals surface area contributed by atoms with Gasteiger partial charge in [0.05, 0.1) is 15.1 Å². The Hall–Kier alpha value is -3.78. The van der Waals surface area contributed by atoms with Crippen molar-refractivity contribution in [2.75, 3.05) is 0 Å². The summed E-state index contributed by atoms with van der Waals surface area (Å²) in [5.74, 6) is -2.09. The van der Waals surface area contributed by atoms with Crippen LogP contribution in [0.5, 0.6) is 0 Å². The van der Waals surface area contributed by atoms with E-state index in [0.29, 0.717) is 11.5 Å². The zero-order chi connectivity index (χ0) is 29.1. The number of carboxylic acids is 2. The number of rotatable bonds is 5. The number of fused-ring (bicyclic) bond motifs is 4. The van der Waals surface area contributed by atoms with Crippen LogP contribution < -0.4 is 10.4 Å². The van der Waals surface area contributed by atoms with Crippen LogP contribution in [0, 0.1) is 16.3 Å². The van der Waals surface area contributed by atoms with E-state index in [0.717, 1.165) is 30.0 Å². The Kier molecular flexibility index (Phi) is 8.68. The van der Waals surface area contributed by atoms with Crippen molar-refractivity contribution in [2.24, 2.45) is 0 Å². The van der Waals surface area contributed by atoms with Crippen molar-refractivity contribution in [3.05, 3.63) is 139 Å². The summed E-state index contributed by atoms with van der Waals surface area (Å²) in [5.41, 5.74) is 4.22. The standard InChI is InChI=1S/C29H25IO4.C6H5F/c1-2-16-14-19-15-18(27(30)26-23(28(31)32)8-5-9-24(26)29(33)34)11-12-20(19)22-13-10-17-6-3-4-7-21(17)25(16)22;7-6-4-2-1-3-5-6/h5-6,8-16,27H,2-4,7H2,1H3,(H,31,32)(H,33,34);1-5H. The van der Waals surface area contributed by atoms with Crippen molar-refractivity contribution in [1.29, 1.82) is 0 Å². The molecule has 208 valence electrons. The van der Waals surface area contributed by atoms with E-state index in [1.54, 1.807) is 18.2 Å². The predicted molar refractivity (Wildman–Crippen MR) is 167 cm³/mol. The molecule has 41 heavy (non-hydrogen) atoms. The number of carboxylic acid groups (broad SMARTS) is 2. The smallest absolute Gasteiger partial charge is 0.336 e. The first-order valence-corrected chi connectivity index (χ1v) is 15.0. The second-order valence-corrected chi connectivity index (χ2v) is 11.5. The molecule has 4 nitrogen and oxygen atoms in total. The average Bonchev–Trinajstić information content (AvgIpc) is 2.99. The molecule has 0 aromatic heterocycles. The summed E-state index contributed by atoms with van der Waals surface area (Å²) >= 11 is 2.16. The van der Waals surface area contributed by atoms with Gasteiger partial charge < -0.3 is 10.2 Å². The third-order valence-electron chi connectivity index (χ3n) is 7.79. The van der Waals surface area contributed by atoms with Gasteiger partial charge in [-0.3, -0.25) is 0 Å². The SMILES string of the molecule is CCC1C=c2cc(C(I)c3c(C(=O)O)cccc3C(=O)O)ccc2=c2ccc3c(c21)CCCC=3.Fc1ccccc1. The van der Waals surface area contributed by atoms with Gasteiger partial charge in [-0.15, -0.1) is 0 Å². The predicted octanol–water partition coefficient (Wildman–Crippen LogP) is 7.12. The Balaban J connectivity index is 0.000000423. The molecule has 0 aliphatic heterocycles. The highest BCUT2D eigenvalue weighted by Crippen LogP contribution is 2.36. The molecule has 0 amide bonds. The van der Waals surface area contributed by atoms with Gasteiger partial charge in [-0.05, 0) is 93.1 Å². The second kappa shape index (κ2) is 12.4. The topological polar surface area (TPSA) is 74.6 Å². The second-order valence-electron chi connectivity index (χ2n) is 10.3. The molecule has 2 aliphatic rings. The maximum atomic E-state index is 11.9. The zero-order valence-electron chi connectivity index (χ0n) is 22.6. The van der Waals surface area contributed by atoms with E-state index in [-0.39, 0.29) is 16.9 Å². The maximum absolute atomic E-state index is 11.9. The monoisotopic (exact) mass is 660 g/mol. The molecule has 0 radical (unpaired) electrons. The highest BCUT2D eigenvalue weighted by Gasteiger charge is 2.25. The minimum atomic E-state index is -1.12. The summed E-state index contributed by atoms with van der Waals surface area (Å²) in [7, 11) is 0. The maximum Gasteiger partial charge on any atom is 0.336 e. The zero-order valence-corrected chi connectivity index (χ0v) is 24.8. The summed E-state index contributed by atoms with van der Waals surface area (Å²) in [6.45, 7) is 2.22. The van der Waals surface area contributed by atoms with Crippen molar-refractivity contribution in [2.45, 2.75) is 42.4 Å². The fourth-order valence-electron chi connectivity index (χ4n) is 5.88. The van der Waals surface area contributed by atoms with Crippen LogP contribution in [0.3, 0.4) is 0 Å². The lowest BCUT2D eigenvalue weighted by Gasteiger charge is -2.23. The van der Waals surface area contributed by atoms with Crippen LogP contribution in [0.1, 0.15) is 79.0 Å². The number of aromatic carboxylic acids is 2. The molecule has 6 heteroatoms. The van der Waals surface area contributed by atoms with Gasteiger partial charge in [-0.25, -0.2) is 14.0 Å². The van der Waals surface area contributed by atoms with Gasteiger partial charge in [0, 0.05) is 5.92 Å². The third kappa shape index (κ3) is 5.84. The van der Waals surface area contributed by atoms with Crippen LogP contribution in [-0.2, 0) is 6.42 Å². The molecular weight excluding hydrogens is 630 g/mol. The summed E-state index contributed by atoms with van der Waals surface area (Å²) < 4.78 is 11.5. The van der Waals surface area contributed by atoms with E-state index < -0.39 is 15.9 Å². The fraction of sp³-hybridized carbons (Fsp3) is 0.200. The number of carbonyl (C=O) groups is 2. The first-order chi connectivity index (χ1) is 19.8. The number of benzene rings is 4. The van der Waals surface area contributed by atoms with Crippen molar-refractivity contribution in [1.82, 2.24) is 0 Å². The Bertz CT molecular complexity index is 1820. The minimum Gasteiger partial charge on any atom is -0.478 e. The van der Waals surface area contributed by atoms with E-state index in [1.165, 1.54) is 63.5 Å². The van der Waals surface area contributed by atoms with Gasteiger partial charge in [-0.1, -0.05) is 96.3 Å². The van der Waals surface area contributed by atoms with Gasteiger partial charge in [0.1, 0.15) is 5.82 Å². The van der Waals surface area contributed by atoms with Crippen molar-refractivity contribution in [3.63, 3.8) is 0 Å². The van der Waals surface area contributed by atoms with E-state index in [9.17, 15) is 24.2 Å². The van der Waals surface area contributed by atoms with Gasteiger partial charge in [0.15, 0.2) is 0 Å². The van der Waals surface area contributed by atoms with Crippen LogP contribution in [0.2, 0.25) is 0 Å². The molecule has 0 heterocycles. The van der Waals surface area contributed by atoms with Crippen molar-refractivity contribution < 1.29 is 24.2 Å². The summed E-state index contributed by atoms with van der Waals surface area (Å²) in [5, 5.41) is 24.4. The first kappa shape index (κ1) is 28.7. The highest BCUT2D eigenvalue weighted by atomic mass is 127. The molecule has 2 N–H and O–H groups in total. The molecule has 2 aliphatic carbocycles. The Morgan fingerprint density at radius 2 is 1.59 bits per heavy atom. The van der Waals surface area contributed by atoms with Gasteiger partial charge >= 0.3 is 11.9 Å². The molecule has 0 fully saturated rings. The lowest BCUT2D eigenvalue weighted by Crippen LogP contribution is -2.22. The first-order valence-electron chi connectivity index (χ1n) is 13.7. The number of halogens is 2. The van der Waals surface area contributed by atoms with E-state index in [4.69, 9.17) is 0 Å². The fourth-order valence-corrected chi connectivity index (χ4v) is 6.94. The average molecular weight is 661 g/mol. The quantitative estimate of drug-likeness (QED) is 0.177. The number of hydrogen-bond acceptors (Lipinski definition) is 2. The molecule has 2 atom stereocenters. The van der Waals surface area contributed by atoms with Gasteiger partial charge in [-0.2, -0.15) is 0 Å². The normalized spacial score (nSPS) is 15.4. The number of alkyl halides is 1. The molecular formula is C35H30FIO4. The molecule has 2 unspecified atom stereocenters. The summed E-state index contributed by atoms with van der Waals surface area (Å²) in [6.07, 6.45) is 9.14. The molecule has 0 bridgehead atoms. The molecule has 0 saturated heterocycles. The van der Waals surface area contributed by atoms with Crippen LogP contribution in [-0.4, -0.2) is 22.2 Å².